The number of amides is 2. The van der Waals surface area contributed by atoms with Crippen molar-refractivity contribution in [1.29, 1.82) is 0 Å². The number of rotatable bonds is 10. The summed E-state index contributed by atoms with van der Waals surface area (Å²) in [7, 11) is 0. The Bertz CT molecular complexity index is 2740. The van der Waals surface area contributed by atoms with E-state index in [4.69, 9.17) is 0 Å². The van der Waals surface area contributed by atoms with E-state index in [1.165, 1.54) is 85.9 Å². The molecule has 3 aromatic carbocycles. The Kier molecular flexibility index (Phi) is 9.65. The number of nitrogens with one attached hydrogen (secondary N) is 2. The molecule has 0 radical (unpaired) electrons. The molecule has 0 bridgehead atoms. The van der Waals surface area contributed by atoms with E-state index in [1.807, 2.05) is 10.6 Å². The topological polar surface area (TPSA) is 199 Å². The lowest BCUT2D eigenvalue weighted by Crippen LogP contribution is -2.66. The summed E-state index contributed by atoms with van der Waals surface area (Å²) in [5.41, 5.74) is -2.23. The Hall–Kier alpha value is -6.85. The number of benzene rings is 3. The molecule has 0 aliphatic carbocycles. The van der Waals surface area contributed by atoms with Crippen LogP contribution in [-0.2, 0) is 9.59 Å². The van der Waals surface area contributed by atoms with Gasteiger partial charge in [-0.2, -0.15) is 0 Å². The number of carbonyl (C=O) groups is 4. The fourth-order valence-corrected chi connectivity index (χ4v) is 8.50. The van der Waals surface area contributed by atoms with Crippen molar-refractivity contribution in [3.05, 3.63) is 120 Å². The molecule has 4 heterocycles. The standard InChI is InChI=1S/C39H25F3N4O8S2/c1-17-24-14-26(18-2-8-21(40)9-3-18)55-34(24)32(50)30(44-17)37(52)46-39(38(53)54,15-27(47)48)45-36(51)29-31(49)35-25(16-43-29)28(19-4-10-22(41)11-5-19)33(56-35)20-6-12-23(42)13-7-20/h2-14,16,49-50H,15H2,1H3,(H,45,51)(H,46,52)(H,47,48)(H,53,54). The van der Waals surface area contributed by atoms with Gasteiger partial charge in [0.25, 0.3) is 11.8 Å². The molecule has 6 N–H and O–H groups in total. The van der Waals surface area contributed by atoms with Crippen LogP contribution in [0.4, 0.5) is 13.2 Å². The van der Waals surface area contributed by atoms with Crippen molar-refractivity contribution in [3.63, 3.8) is 0 Å². The molecule has 17 heteroatoms. The molecule has 0 spiro atoms. The van der Waals surface area contributed by atoms with Gasteiger partial charge in [-0.25, -0.2) is 27.9 Å². The molecule has 0 saturated heterocycles. The number of hydrogen-bond donors (Lipinski definition) is 6. The van der Waals surface area contributed by atoms with E-state index in [0.717, 1.165) is 22.7 Å². The molecule has 282 valence electrons. The molecule has 4 aromatic heterocycles. The van der Waals surface area contributed by atoms with Gasteiger partial charge in [0.05, 0.1) is 15.8 Å². The van der Waals surface area contributed by atoms with Crippen LogP contribution in [0.2, 0.25) is 0 Å². The van der Waals surface area contributed by atoms with Crippen LogP contribution in [-0.4, -0.2) is 59.8 Å². The molecule has 56 heavy (non-hydrogen) atoms. The van der Waals surface area contributed by atoms with Gasteiger partial charge < -0.3 is 31.1 Å². The first-order valence-corrected chi connectivity index (χ1v) is 17.9. The number of aryl methyl sites for hydroxylation is 1. The van der Waals surface area contributed by atoms with E-state index in [-0.39, 0.29) is 15.1 Å². The lowest BCUT2D eigenvalue weighted by Gasteiger charge is -2.30. The quantitative estimate of drug-likeness (QED) is 0.0755. The summed E-state index contributed by atoms with van der Waals surface area (Å²) < 4.78 is 41.5. The van der Waals surface area contributed by atoms with Crippen LogP contribution in [0.3, 0.4) is 0 Å². The second-order valence-corrected chi connectivity index (χ2v) is 14.5. The van der Waals surface area contributed by atoms with Crippen LogP contribution in [0.5, 0.6) is 11.5 Å². The van der Waals surface area contributed by atoms with E-state index in [1.54, 1.807) is 6.07 Å². The van der Waals surface area contributed by atoms with Crippen LogP contribution in [0.1, 0.15) is 33.1 Å². The summed E-state index contributed by atoms with van der Waals surface area (Å²) >= 11 is 2.00. The first kappa shape index (κ1) is 37.5. The van der Waals surface area contributed by atoms with Crippen molar-refractivity contribution >= 4 is 66.6 Å². The number of carboxylic acid groups (broad SMARTS) is 2. The highest BCUT2D eigenvalue weighted by Crippen LogP contribution is 2.48. The third-order valence-electron chi connectivity index (χ3n) is 8.78. The number of carbonyl (C=O) groups excluding carboxylic acids is 2. The van der Waals surface area contributed by atoms with Crippen LogP contribution in [0.25, 0.3) is 52.2 Å². The van der Waals surface area contributed by atoms with Crippen molar-refractivity contribution in [2.24, 2.45) is 0 Å². The van der Waals surface area contributed by atoms with Gasteiger partial charge in [-0.15, -0.1) is 22.7 Å². The number of thiophene rings is 2. The average Bonchev–Trinajstić information content (AvgIpc) is 3.78. The van der Waals surface area contributed by atoms with Gasteiger partial charge in [0.2, 0.25) is 5.66 Å². The van der Waals surface area contributed by atoms with Crippen LogP contribution < -0.4 is 10.6 Å². The van der Waals surface area contributed by atoms with E-state index in [2.05, 4.69) is 9.97 Å². The maximum atomic E-state index is 13.9. The van der Waals surface area contributed by atoms with Gasteiger partial charge >= 0.3 is 11.9 Å². The maximum Gasteiger partial charge on any atom is 0.351 e. The fourth-order valence-electron chi connectivity index (χ4n) is 6.09. The molecule has 7 aromatic rings. The molecule has 0 saturated carbocycles. The number of carboxylic acids is 2. The van der Waals surface area contributed by atoms with Crippen LogP contribution in [0, 0.1) is 24.4 Å². The minimum absolute atomic E-state index is 0.0702. The molecule has 2 amide bonds. The Labute approximate surface area is 321 Å². The van der Waals surface area contributed by atoms with Crippen molar-refractivity contribution in [2.75, 3.05) is 0 Å². The predicted octanol–water partition coefficient (Wildman–Crippen LogP) is 7.46. The number of pyridine rings is 2. The third kappa shape index (κ3) is 6.84. The summed E-state index contributed by atoms with van der Waals surface area (Å²) in [5, 5.41) is 47.4. The van der Waals surface area contributed by atoms with Crippen molar-refractivity contribution < 1.29 is 52.8 Å². The SMILES string of the molecule is Cc1nc(C(=O)NC(CC(=O)O)(NC(=O)c2ncc3c(-c4ccc(F)cc4)c(-c4ccc(F)cc4)sc3c2O)C(=O)O)c(O)c2sc(-c3ccc(F)cc3)cc12. The van der Waals surface area contributed by atoms with E-state index in [9.17, 15) is 52.8 Å². The molecular weight excluding hydrogens is 774 g/mol. The largest absolute Gasteiger partial charge is 0.504 e. The van der Waals surface area contributed by atoms with E-state index >= 15 is 0 Å². The zero-order valence-corrected chi connectivity index (χ0v) is 30.2. The smallest absolute Gasteiger partial charge is 0.351 e. The summed E-state index contributed by atoms with van der Waals surface area (Å²) in [6.45, 7) is 1.52. The number of nitrogens with zero attached hydrogens (tertiary/aromatic N) is 2. The Morgan fingerprint density at radius 1 is 0.696 bits per heavy atom. The summed E-state index contributed by atoms with van der Waals surface area (Å²) in [5.74, 6) is -9.46. The summed E-state index contributed by atoms with van der Waals surface area (Å²) in [6, 6.07) is 18.0. The molecule has 0 aliphatic rings. The highest BCUT2D eigenvalue weighted by Gasteiger charge is 2.46. The zero-order valence-electron chi connectivity index (χ0n) is 28.6. The first-order chi connectivity index (χ1) is 26.7. The Balaban J connectivity index is 1.26. The van der Waals surface area contributed by atoms with Gasteiger partial charge in [0.15, 0.2) is 22.9 Å². The third-order valence-corrected chi connectivity index (χ3v) is 11.2. The number of aromatic nitrogens is 2. The van der Waals surface area contributed by atoms with Gasteiger partial charge in [-0.1, -0.05) is 36.4 Å². The molecule has 7 rings (SSSR count). The number of aliphatic carboxylic acids is 2. The number of aromatic hydroxyl groups is 2. The van der Waals surface area contributed by atoms with Crippen molar-refractivity contribution in [1.82, 2.24) is 20.6 Å². The lowest BCUT2D eigenvalue weighted by atomic mass is 9.99. The molecule has 1 unspecified atom stereocenters. The van der Waals surface area contributed by atoms with E-state index in [0.29, 0.717) is 42.8 Å². The minimum Gasteiger partial charge on any atom is -0.504 e. The Morgan fingerprint density at radius 2 is 1.20 bits per heavy atom. The van der Waals surface area contributed by atoms with E-state index < -0.39 is 76.2 Å². The molecule has 12 nitrogen and oxygen atoms in total. The number of halogens is 3. The normalized spacial score (nSPS) is 12.4. The second kappa shape index (κ2) is 14.4. The highest BCUT2D eigenvalue weighted by atomic mass is 32.1. The van der Waals surface area contributed by atoms with Gasteiger partial charge in [-0.05, 0) is 66.1 Å². The first-order valence-electron chi connectivity index (χ1n) is 16.3. The number of fused-ring (bicyclic) bond motifs is 2. The van der Waals surface area contributed by atoms with Gasteiger partial charge in [0, 0.05) is 38.0 Å². The average molecular weight is 799 g/mol. The number of hydrogen-bond acceptors (Lipinski definition) is 10. The van der Waals surface area contributed by atoms with Crippen molar-refractivity contribution in [2.45, 2.75) is 19.0 Å². The van der Waals surface area contributed by atoms with Crippen LogP contribution >= 0.6 is 22.7 Å². The summed E-state index contributed by atoms with van der Waals surface area (Å²) in [6.07, 6.45) is -0.216. The van der Waals surface area contributed by atoms with Crippen molar-refractivity contribution in [3.8, 4) is 43.5 Å². The van der Waals surface area contributed by atoms with Crippen LogP contribution in [0.15, 0.2) is 85.1 Å². The fraction of sp³-hybridized carbons (Fsp3) is 0.0769. The highest BCUT2D eigenvalue weighted by molar-refractivity contribution is 7.23. The lowest BCUT2D eigenvalue weighted by molar-refractivity contribution is -0.152. The Morgan fingerprint density at radius 3 is 1.75 bits per heavy atom. The summed E-state index contributed by atoms with van der Waals surface area (Å²) in [4.78, 5) is 61.6. The van der Waals surface area contributed by atoms with Gasteiger partial charge in [-0.3, -0.25) is 14.4 Å². The molecule has 0 fully saturated rings. The molecule has 1 atom stereocenters. The monoisotopic (exact) mass is 798 g/mol. The second-order valence-electron chi connectivity index (χ2n) is 12.5. The predicted molar refractivity (Wildman–Crippen MR) is 201 cm³/mol. The maximum absolute atomic E-state index is 13.9. The molecular formula is C39H25F3N4O8S2. The zero-order chi connectivity index (χ0) is 40.1. The minimum atomic E-state index is -3.08. The van der Waals surface area contributed by atoms with Gasteiger partial charge in [0.1, 0.15) is 17.5 Å². The molecule has 0 aliphatic heterocycles.